The molecule has 3 N–H and O–H groups in total. The van der Waals surface area contributed by atoms with E-state index in [0.717, 1.165) is 39.1 Å². The predicted molar refractivity (Wildman–Crippen MR) is 191 cm³/mol. The van der Waals surface area contributed by atoms with Gasteiger partial charge < -0.3 is 15.2 Å². The van der Waals surface area contributed by atoms with Crippen LogP contribution in [0.4, 0.5) is 10.5 Å². The van der Waals surface area contributed by atoms with Gasteiger partial charge in [-0.2, -0.15) is 4.31 Å². The molecule has 14 nitrogen and oxygen atoms in total. The number of rotatable bonds is 15. The number of ether oxygens (including phenoxy) is 1. The van der Waals surface area contributed by atoms with Gasteiger partial charge in [0.15, 0.2) is 0 Å². The van der Waals surface area contributed by atoms with Crippen molar-refractivity contribution in [1.82, 2.24) is 20.1 Å². The van der Waals surface area contributed by atoms with Crippen LogP contribution in [0.25, 0.3) is 0 Å². The molecule has 0 aliphatic rings. The summed E-state index contributed by atoms with van der Waals surface area (Å²) in [5.41, 5.74) is 2.66. The normalized spacial score (nSPS) is 13.0. The lowest BCUT2D eigenvalue weighted by atomic mass is 10.00. The van der Waals surface area contributed by atoms with E-state index in [1.54, 1.807) is 32.9 Å². The first-order valence-electron chi connectivity index (χ1n) is 16.6. The fourth-order valence-corrected chi connectivity index (χ4v) is 6.62. The van der Waals surface area contributed by atoms with Crippen LogP contribution in [0.2, 0.25) is 0 Å². The number of aliphatic hydroxyl groups excluding tert-OH is 1. The molecule has 0 fully saturated rings. The Balaban J connectivity index is 1.82. The van der Waals surface area contributed by atoms with Crippen LogP contribution in [0.15, 0.2) is 83.8 Å². The van der Waals surface area contributed by atoms with Crippen LogP contribution in [-0.4, -0.2) is 83.1 Å². The molecule has 0 saturated carbocycles. The molecule has 0 radical (unpaired) electrons. The first-order valence-corrected chi connectivity index (χ1v) is 18.0. The van der Waals surface area contributed by atoms with Crippen LogP contribution in [-0.2, 0) is 21.2 Å². The highest BCUT2D eigenvalue weighted by atomic mass is 32.2. The fourth-order valence-electron chi connectivity index (χ4n) is 5.00. The van der Waals surface area contributed by atoms with Crippen molar-refractivity contribution in [2.24, 2.45) is 5.92 Å². The first kappa shape index (κ1) is 40.6. The standard InChI is InChI=1S/C36H47N5O9S/c1-7-21-40(35(45)50-36(4,5)6)38-34(44)28-15-13-27(14-16-28)33(43)37-31(22-26-11-9-8-10-12-26)32(42)24-39(23-25(2)3)51(48,49)30-19-17-29(18-20-30)41(46)47/h8-20,25,31-32,42H,7,21-24H2,1-6H3,(H,37,43)(H,38,44)/t31-,32+/m0/s1. The van der Waals surface area contributed by atoms with E-state index in [1.807, 2.05) is 39.0 Å². The highest BCUT2D eigenvalue weighted by Crippen LogP contribution is 2.22. The second-order valence-corrected chi connectivity index (χ2v) is 15.4. The maximum atomic E-state index is 13.7. The third-order valence-electron chi connectivity index (χ3n) is 7.43. The van der Waals surface area contributed by atoms with Crippen molar-refractivity contribution in [2.45, 2.75) is 77.0 Å². The highest BCUT2D eigenvalue weighted by Gasteiger charge is 2.32. The molecule has 3 aromatic rings. The molecule has 0 aliphatic carbocycles. The highest BCUT2D eigenvalue weighted by molar-refractivity contribution is 7.89. The van der Waals surface area contributed by atoms with Gasteiger partial charge in [-0.3, -0.25) is 25.1 Å². The number of sulfonamides is 1. The number of hydrogen-bond donors (Lipinski definition) is 3. The van der Waals surface area contributed by atoms with Gasteiger partial charge in [-0.25, -0.2) is 18.2 Å². The molecule has 0 saturated heterocycles. The maximum absolute atomic E-state index is 13.7. The van der Waals surface area contributed by atoms with Crippen molar-refractivity contribution in [3.8, 4) is 0 Å². The van der Waals surface area contributed by atoms with Crippen LogP contribution in [0.1, 0.15) is 74.2 Å². The Kier molecular flexibility index (Phi) is 14.2. The SMILES string of the molecule is CCCN(NC(=O)c1ccc(C(=O)N[C@@H](Cc2ccccc2)[C@H](O)CN(CC(C)C)S(=O)(=O)c2ccc([N+](=O)[O-])cc2)cc1)C(=O)OC(C)(C)C. The zero-order valence-electron chi connectivity index (χ0n) is 29.7. The summed E-state index contributed by atoms with van der Waals surface area (Å²) in [6.07, 6.45) is -1.35. The number of non-ortho nitro benzene ring substituents is 1. The average molecular weight is 726 g/mol. The average Bonchev–Trinajstić information content (AvgIpc) is 3.07. The van der Waals surface area contributed by atoms with Crippen molar-refractivity contribution in [3.63, 3.8) is 0 Å². The molecule has 0 spiro atoms. The largest absolute Gasteiger partial charge is 0.442 e. The van der Waals surface area contributed by atoms with Gasteiger partial charge in [-0.1, -0.05) is 51.1 Å². The monoisotopic (exact) mass is 725 g/mol. The molecule has 0 aromatic heterocycles. The molecule has 3 aromatic carbocycles. The van der Waals surface area contributed by atoms with E-state index < -0.39 is 50.6 Å². The number of amides is 3. The zero-order valence-corrected chi connectivity index (χ0v) is 30.6. The predicted octanol–water partition coefficient (Wildman–Crippen LogP) is 4.94. The van der Waals surface area contributed by atoms with Gasteiger partial charge in [0.05, 0.1) is 22.0 Å². The van der Waals surface area contributed by atoms with Gasteiger partial charge in [0.2, 0.25) is 10.0 Å². The number of carbonyl (C=O) groups excluding carboxylic acids is 3. The molecule has 15 heteroatoms. The van der Waals surface area contributed by atoms with E-state index in [0.29, 0.717) is 6.42 Å². The summed E-state index contributed by atoms with van der Waals surface area (Å²) in [7, 11) is -4.19. The molecule has 0 heterocycles. The van der Waals surface area contributed by atoms with E-state index in [9.17, 15) is 38.0 Å². The maximum Gasteiger partial charge on any atom is 0.429 e. The summed E-state index contributed by atoms with van der Waals surface area (Å²) in [5, 5.41) is 26.6. The Hall–Kier alpha value is -4.86. The summed E-state index contributed by atoms with van der Waals surface area (Å²) in [5.74, 6) is -1.30. The number of hydrazine groups is 1. The number of aliphatic hydroxyl groups is 1. The van der Waals surface area contributed by atoms with Gasteiger partial charge in [0, 0.05) is 42.9 Å². The van der Waals surface area contributed by atoms with Crippen molar-refractivity contribution in [1.29, 1.82) is 0 Å². The molecule has 51 heavy (non-hydrogen) atoms. The quantitative estimate of drug-likeness (QED) is 0.144. The van der Waals surface area contributed by atoms with Crippen molar-refractivity contribution in [2.75, 3.05) is 19.6 Å². The summed E-state index contributed by atoms with van der Waals surface area (Å²) in [6.45, 7) is 10.5. The van der Waals surface area contributed by atoms with Gasteiger partial charge in [0.25, 0.3) is 17.5 Å². The number of benzene rings is 3. The van der Waals surface area contributed by atoms with Gasteiger partial charge >= 0.3 is 6.09 Å². The summed E-state index contributed by atoms with van der Waals surface area (Å²) in [4.78, 5) is 49.4. The molecular weight excluding hydrogens is 678 g/mol. The second-order valence-electron chi connectivity index (χ2n) is 13.5. The smallest absolute Gasteiger partial charge is 0.429 e. The summed E-state index contributed by atoms with van der Waals surface area (Å²) in [6, 6.07) is 18.3. The molecule has 2 atom stereocenters. The minimum atomic E-state index is -4.19. The van der Waals surface area contributed by atoms with Gasteiger partial charge in [-0.05, 0) is 81.5 Å². The molecule has 3 amide bonds. The van der Waals surface area contributed by atoms with E-state index in [4.69, 9.17) is 4.74 Å². The zero-order chi connectivity index (χ0) is 37.9. The van der Waals surface area contributed by atoms with Crippen molar-refractivity contribution >= 4 is 33.6 Å². The van der Waals surface area contributed by atoms with E-state index >= 15 is 0 Å². The third kappa shape index (κ3) is 12.2. The van der Waals surface area contributed by atoms with E-state index in [2.05, 4.69) is 10.7 Å². The minimum absolute atomic E-state index is 0.0372. The van der Waals surface area contributed by atoms with E-state index in [-0.39, 0.29) is 53.7 Å². The number of nitro benzene ring substituents is 1. The Morgan fingerprint density at radius 3 is 1.98 bits per heavy atom. The van der Waals surface area contributed by atoms with Crippen LogP contribution in [0.5, 0.6) is 0 Å². The lowest BCUT2D eigenvalue weighted by molar-refractivity contribution is -0.384. The van der Waals surface area contributed by atoms with Crippen LogP contribution in [0.3, 0.4) is 0 Å². The number of hydrogen-bond acceptors (Lipinski definition) is 9. The van der Waals surface area contributed by atoms with Crippen molar-refractivity contribution < 1.29 is 37.6 Å². The minimum Gasteiger partial charge on any atom is -0.442 e. The molecule has 276 valence electrons. The Morgan fingerprint density at radius 2 is 1.47 bits per heavy atom. The van der Waals surface area contributed by atoms with Gasteiger partial charge in [0.1, 0.15) is 5.60 Å². The van der Waals surface area contributed by atoms with E-state index in [1.165, 1.54) is 24.3 Å². The fraction of sp³-hybridized carbons (Fsp3) is 0.417. The lowest BCUT2D eigenvalue weighted by Crippen LogP contribution is -2.51. The first-order chi connectivity index (χ1) is 23.9. The number of nitro groups is 1. The second kappa shape index (κ2) is 17.9. The number of nitrogens with zero attached hydrogens (tertiary/aromatic N) is 3. The van der Waals surface area contributed by atoms with Gasteiger partial charge in [-0.15, -0.1) is 0 Å². The van der Waals surface area contributed by atoms with Crippen LogP contribution in [0, 0.1) is 16.0 Å². The van der Waals surface area contributed by atoms with Crippen LogP contribution >= 0.6 is 0 Å². The summed E-state index contributed by atoms with van der Waals surface area (Å²) >= 11 is 0. The molecule has 0 unspecified atom stereocenters. The third-order valence-corrected chi connectivity index (χ3v) is 9.28. The van der Waals surface area contributed by atoms with Crippen molar-refractivity contribution in [3.05, 3.63) is 106 Å². The Bertz CT molecular complexity index is 1740. The summed E-state index contributed by atoms with van der Waals surface area (Å²) < 4.78 is 33.9. The lowest BCUT2D eigenvalue weighted by Gasteiger charge is -2.30. The molecule has 0 aliphatic heterocycles. The number of carbonyl (C=O) groups is 3. The van der Waals surface area contributed by atoms with Crippen LogP contribution < -0.4 is 10.7 Å². The molecule has 0 bridgehead atoms. The Labute approximate surface area is 299 Å². The molecular formula is C36H47N5O9S. The topological polar surface area (TPSA) is 188 Å². The Morgan fingerprint density at radius 1 is 0.902 bits per heavy atom. The number of nitrogens with one attached hydrogen (secondary N) is 2. The molecule has 3 rings (SSSR count).